The lowest BCUT2D eigenvalue weighted by molar-refractivity contribution is -0.137. The third kappa shape index (κ3) is 5.32. The van der Waals surface area contributed by atoms with Crippen molar-refractivity contribution in [2.75, 3.05) is 51.2 Å². The fraction of sp³-hybridized carbons (Fsp3) is 0.560. The first kappa shape index (κ1) is 24.4. The molecule has 1 aromatic carbocycles. The highest BCUT2D eigenvalue weighted by atomic mass is 16.2. The van der Waals surface area contributed by atoms with Crippen LogP contribution < -0.4 is 16.4 Å². The van der Waals surface area contributed by atoms with Crippen molar-refractivity contribution in [1.29, 1.82) is 0 Å². The van der Waals surface area contributed by atoms with Gasteiger partial charge in [0.1, 0.15) is 5.84 Å². The van der Waals surface area contributed by atoms with E-state index in [0.29, 0.717) is 44.1 Å². The molecule has 0 radical (unpaired) electrons. The molecule has 0 bridgehead atoms. The first-order valence-corrected chi connectivity index (χ1v) is 12.0. The molecule has 0 aromatic heterocycles. The van der Waals surface area contributed by atoms with Crippen LogP contribution in [0.5, 0.6) is 0 Å². The van der Waals surface area contributed by atoms with E-state index >= 15 is 0 Å². The van der Waals surface area contributed by atoms with Crippen molar-refractivity contribution in [2.24, 2.45) is 28.3 Å². The second kappa shape index (κ2) is 9.85. The minimum atomic E-state index is -0.869. The number of aliphatic imine (C=N–C) groups is 1. The first-order valence-electron chi connectivity index (χ1n) is 12.0. The maximum absolute atomic E-state index is 12.4. The van der Waals surface area contributed by atoms with Gasteiger partial charge in [-0.3, -0.25) is 24.4 Å². The van der Waals surface area contributed by atoms with Crippen LogP contribution in [-0.2, 0) is 16.1 Å². The van der Waals surface area contributed by atoms with Crippen LogP contribution in [0.3, 0.4) is 0 Å². The Morgan fingerprint density at radius 1 is 1.12 bits per heavy atom. The average molecular weight is 468 g/mol. The van der Waals surface area contributed by atoms with Gasteiger partial charge >= 0.3 is 0 Å². The molecule has 2 unspecified atom stereocenters. The van der Waals surface area contributed by atoms with Crippen LogP contribution in [0, 0.1) is 11.8 Å². The van der Waals surface area contributed by atoms with Crippen LogP contribution in [0.1, 0.15) is 19.4 Å². The summed E-state index contributed by atoms with van der Waals surface area (Å²) in [5, 5.41) is 0. The number of hydrogen-bond acceptors (Lipinski definition) is 6. The fourth-order valence-electron chi connectivity index (χ4n) is 5.02. The van der Waals surface area contributed by atoms with Gasteiger partial charge in [-0.2, -0.15) is 0 Å². The van der Waals surface area contributed by atoms with E-state index in [4.69, 9.17) is 11.5 Å². The summed E-state index contributed by atoms with van der Waals surface area (Å²) in [6.07, 6.45) is 4.38. The summed E-state index contributed by atoms with van der Waals surface area (Å²) in [4.78, 5) is 36.5. The van der Waals surface area contributed by atoms with E-state index in [1.807, 2.05) is 18.2 Å². The molecule has 2 atom stereocenters. The Kier molecular flexibility index (Phi) is 7.06. The second-order valence-corrected chi connectivity index (χ2v) is 10.2. The molecule has 1 aliphatic carbocycles. The minimum absolute atomic E-state index is 0.0432. The highest BCUT2D eigenvalue weighted by molar-refractivity contribution is 5.94. The van der Waals surface area contributed by atoms with Crippen molar-refractivity contribution in [3.05, 3.63) is 42.1 Å². The summed E-state index contributed by atoms with van der Waals surface area (Å²) in [6, 6.07) is 8.50. The number of nitrogens with two attached hydrogens (primary N) is 2. The molecule has 1 saturated carbocycles. The number of piperazine rings is 1. The molecule has 3 fully saturated rings. The number of fused-ring (bicyclic) bond motifs is 1. The van der Waals surface area contributed by atoms with Gasteiger partial charge in [0.05, 0.1) is 5.54 Å². The SMILES string of the molecule is C/N=C(\C=C/N(C=O)c1ccc(CN2CC3C(N)C3C2)cc1)N1CCN(C(=O)C(C)(C)N)CC1. The van der Waals surface area contributed by atoms with Crippen LogP contribution in [0.2, 0.25) is 0 Å². The zero-order chi connectivity index (χ0) is 24.5. The average Bonchev–Trinajstić information content (AvgIpc) is 3.21. The summed E-state index contributed by atoms with van der Waals surface area (Å²) < 4.78 is 0. The summed E-state index contributed by atoms with van der Waals surface area (Å²) in [7, 11) is 1.73. The molecular formula is C25H37N7O2. The van der Waals surface area contributed by atoms with E-state index in [0.717, 1.165) is 37.6 Å². The Bertz CT molecular complexity index is 933. The first-order chi connectivity index (χ1) is 16.2. The standard InChI is InChI=1S/C25H37N7O2/c1-25(2,27)24(34)31-12-10-30(11-13-31)22(28-3)8-9-32(17-33)19-6-4-18(5-7-19)14-29-15-20-21(16-29)23(20)26/h4-9,17,20-21,23H,10-16,26-27H2,1-3H3/b9-8-,28-22+. The van der Waals surface area contributed by atoms with E-state index in [1.165, 1.54) is 5.56 Å². The lowest BCUT2D eigenvalue weighted by Crippen LogP contribution is -2.57. The number of carbonyl (C=O) groups is 2. The summed E-state index contributed by atoms with van der Waals surface area (Å²) in [6.45, 7) is 9.06. The molecule has 2 amide bonds. The van der Waals surface area contributed by atoms with Gasteiger partial charge in [0.2, 0.25) is 12.3 Å². The van der Waals surface area contributed by atoms with Gasteiger partial charge in [0.15, 0.2) is 0 Å². The maximum Gasteiger partial charge on any atom is 0.242 e. The number of benzene rings is 1. The molecule has 9 nitrogen and oxygen atoms in total. The number of piperidine rings is 1. The zero-order valence-corrected chi connectivity index (χ0v) is 20.4. The van der Waals surface area contributed by atoms with Gasteiger partial charge < -0.3 is 21.3 Å². The highest BCUT2D eigenvalue weighted by Crippen LogP contribution is 2.44. The minimum Gasteiger partial charge on any atom is -0.353 e. The highest BCUT2D eigenvalue weighted by Gasteiger charge is 2.53. The number of carbonyl (C=O) groups excluding carboxylic acids is 2. The molecular weight excluding hydrogens is 430 g/mol. The third-order valence-corrected chi connectivity index (χ3v) is 7.15. The monoisotopic (exact) mass is 467 g/mol. The van der Waals surface area contributed by atoms with Crippen LogP contribution in [0.4, 0.5) is 5.69 Å². The normalized spacial score (nSPS) is 25.6. The molecule has 1 aromatic rings. The number of amidine groups is 1. The van der Waals surface area contributed by atoms with Gasteiger partial charge in [0.25, 0.3) is 0 Å². The molecule has 3 aliphatic rings. The van der Waals surface area contributed by atoms with E-state index < -0.39 is 5.54 Å². The number of rotatable bonds is 7. The predicted octanol–water partition coefficient (Wildman–Crippen LogP) is 0.462. The molecule has 2 heterocycles. The number of likely N-dealkylation sites (tertiary alicyclic amines) is 1. The van der Waals surface area contributed by atoms with Crippen LogP contribution in [0.15, 0.2) is 41.5 Å². The maximum atomic E-state index is 12.4. The Morgan fingerprint density at radius 3 is 2.24 bits per heavy atom. The summed E-state index contributed by atoms with van der Waals surface area (Å²) in [5.41, 5.74) is 13.2. The molecule has 2 saturated heterocycles. The van der Waals surface area contributed by atoms with Crippen molar-refractivity contribution in [3.8, 4) is 0 Å². The quantitative estimate of drug-likeness (QED) is 0.342. The van der Waals surface area contributed by atoms with Gasteiger partial charge in [-0.25, -0.2) is 0 Å². The largest absolute Gasteiger partial charge is 0.353 e. The third-order valence-electron chi connectivity index (χ3n) is 7.15. The topological polar surface area (TPSA) is 111 Å². The Balaban J connectivity index is 1.31. The van der Waals surface area contributed by atoms with E-state index in [2.05, 4.69) is 26.9 Å². The van der Waals surface area contributed by atoms with E-state index in [9.17, 15) is 9.59 Å². The lowest BCUT2D eigenvalue weighted by Gasteiger charge is -2.38. The molecule has 2 aliphatic heterocycles. The van der Waals surface area contributed by atoms with Crippen molar-refractivity contribution >= 4 is 23.8 Å². The predicted molar refractivity (Wildman–Crippen MR) is 134 cm³/mol. The van der Waals surface area contributed by atoms with E-state index in [1.54, 1.807) is 36.9 Å². The van der Waals surface area contributed by atoms with Crippen molar-refractivity contribution in [3.63, 3.8) is 0 Å². The summed E-state index contributed by atoms with van der Waals surface area (Å²) >= 11 is 0. The van der Waals surface area contributed by atoms with Crippen molar-refractivity contribution in [1.82, 2.24) is 14.7 Å². The molecule has 34 heavy (non-hydrogen) atoms. The van der Waals surface area contributed by atoms with Crippen LogP contribution >= 0.6 is 0 Å². The number of nitrogens with zero attached hydrogens (tertiary/aromatic N) is 5. The van der Waals surface area contributed by atoms with Crippen molar-refractivity contribution < 1.29 is 9.59 Å². The van der Waals surface area contributed by atoms with Crippen LogP contribution in [0.25, 0.3) is 0 Å². The lowest BCUT2D eigenvalue weighted by atomic mass is 10.0. The van der Waals surface area contributed by atoms with E-state index in [-0.39, 0.29) is 5.91 Å². The van der Waals surface area contributed by atoms with Gasteiger partial charge in [-0.15, -0.1) is 0 Å². The smallest absolute Gasteiger partial charge is 0.242 e. The number of hydrogen-bond donors (Lipinski definition) is 2. The molecule has 4 N–H and O–H groups in total. The Labute approximate surface area is 202 Å². The number of amides is 2. The molecule has 0 spiro atoms. The van der Waals surface area contributed by atoms with Crippen LogP contribution in [-0.4, -0.2) is 90.7 Å². The fourth-order valence-corrected chi connectivity index (χ4v) is 5.02. The van der Waals surface area contributed by atoms with Gasteiger partial charge in [-0.1, -0.05) is 12.1 Å². The Morgan fingerprint density at radius 2 is 1.71 bits per heavy atom. The van der Waals surface area contributed by atoms with Crippen molar-refractivity contribution in [2.45, 2.75) is 32.0 Å². The zero-order valence-electron chi connectivity index (χ0n) is 20.4. The number of anilines is 1. The van der Waals surface area contributed by atoms with Gasteiger partial charge in [0, 0.05) is 70.8 Å². The van der Waals surface area contributed by atoms with Gasteiger partial charge in [-0.05, 0) is 49.5 Å². The molecule has 4 rings (SSSR count). The second-order valence-electron chi connectivity index (χ2n) is 10.2. The Hall–Kier alpha value is -2.75. The molecule has 9 heteroatoms. The summed E-state index contributed by atoms with van der Waals surface area (Å²) in [5.74, 6) is 2.09. The molecule has 184 valence electrons.